The minimum Gasteiger partial charge on any atom is -0.456 e. The molecule has 14 aromatic rings. The van der Waals surface area contributed by atoms with Gasteiger partial charge in [0.2, 0.25) is 0 Å². The van der Waals surface area contributed by atoms with Gasteiger partial charge in [-0.3, -0.25) is 0 Å². The summed E-state index contributed by atoms with van der Waals surface area (Å²) in [5, 5.41) is 6.97. The molecule has 0 spiro atoms. The van der Waals surface area contributed by atoms with E-state index >= 15 is 0 Å². The van der Waals surface area contributed by atoms with Crippen LogP contribution in [-0.4, -0.2) is 4.57 Å². The number of furan rings is 2. The molecule has 4 nitrogen and oxygen atoms in total. The van der Waals surface area contributed by atoms with Crippen LogP contribution in [0.3, 0.4) is 0 Å². The smallest absolute Gasteiger partial charge is 0.143 e. The van der Waals surface area contributed by atoms with Gasteiger partial charge in [0.1, 0.15) is 22.3 Å². The predicted octanol–water partition coefficient (Wildman–Crippen LogP) is 18.7. The number of fused-ring (bicyclic) bond motifs is 10. The predicted molar refractivity (Wildman–Crippen MR) is 292 cm³/mol. The van der Waals surface area contributed by atoms with Crippen molar-refractivity contribution in [1.82, 2.24) is 4.57 Å². The third-order valence-corrected chi connectivity index (χ3v) is 14.0. The van der Waals surface area contributed by atoms with Crippen LogP contribution in [0.5, 0.6) is 0 Å². The quantitative estimate of drug-likeness (QED) is 0.152. The van der Waals surface area contributed by atoms with Gasteiger partial charge in [0.25, 0.3) is 0 Å². The van der Waals surface area contributed by atoms with E-state index in [0.29, 0.717) is 0 Å². The first kappa shape index (κ1) is 39.8. The first-order valence-electron chi connectivity index (χ1n) is 23.8. The van der Waals surface area contributed by atoms with E-state index in [1.165, 1.54) is 10.8 Å². The molecule has 0 radical (unpaired) electrons. The monoisotopic (exact) mass is 894 g/mol. The van der Waals surface area contributed by atoms with Gasteiger partial charge in [-0.2, -0.15) is 0 Å². The van der Waals surface area contributed by atoms with Crippen LogP contribution >= 0.6 is 0 Å². The van der Waals surface area contributed by atoms with Crippen LogP contribution in [0.25, 0.3) is 116 Å². The Morgan fingerprint density at radius 1 is 0.286 bits per heavy atom. The Morgan fingerprint density at radius 3 is 1.44 bits per heavy atom. The molecule has 3 heterocycles. The van der Waals surface area contributed by atoms with E-state index in [0.717, 1.165) is 122 Å². The molecule has 0 N–H and O–H groups in total. The van der Waals surface area contributed by atoms with Crippen molar-refractivity contribution < 1.29 is 8.83 Å². The minimum atomic E-state index is 0.902. The molecule has 0 aliphatic carbocycles. The maximum Gasteiger partial charge on any atom is 0.143 e. The molecule has 0 amide bonds. The van der Waals surface area contributed by atoms with Gasteiger partial charge in [0.15, 0.2) is 0 Å². The summed E-state index contributed by atoms with van der Waals surface area (Å²) in [5.41, 5.74) is 19.4. The van der Waals surface area contributed by atoms with Gasteiger partial charge >= 0.3 is 0 Å². The maximum atomic E-state index is 6.45. The highest BCUT2D eigenvalue weighted by atomic mass is 16.3. The molecule has 328 valence electrons. The number of hydrogen-bond acceptors (Lipinski definition) is 3. The van der Waals surface area contributed by atoms with Gasteiger partial charge in [0.05, 0.1) is 11.0 Å². The molecule has 4 heteroatoms. The third-order valence-electron chi connectivity index (χ3n) is 14.0. The molecule has 0 aliphatic rings. The molecule has 0 aliphatic heterocycles. The fourth-order valence-electron chi connectivity index (χ4n) is 10.7. The third kappa shape index (κ3) is 6.53. The summed E-state index contributed by atoms with van der Waals surface area (Å²) in [6.45, 7) is 0. The first-order valence-corrected chi connectivity index (χ1v) is 23.8. The lowest BCUT2D eigenvalue weighted by atomic mass is 9.92. The Bertz CT molecular complexity index is 4220. The topological polar surface area (TPSA) is 34.5 Å². The number of para-hydroxylation sites is 6. The van der Waals surface area contributed by atoms with Crippen LogP contribution in [0.1, 0.15) is 0 Å². The lowest BCUT2D eigenvalue weighted by Gasteiger charge is -2.25. The second-order valence-corrected chi connectivity index (χ2v) is 18.0. The van der Waals surface area contributed by atoms with E-state index in [1.54, 1.807) is 0 Å². The highest BCUT2D eigenvalue weighted by molar-refractivity contribution is 6.27. The van der Waals surface area contributed by atoms with Crippen LogP contribution in [0.4, 0.5) is 17.1 Å². The summed E-state index contributed by atoms with van der Waals surface area (Å²) in [4.78, 5) is 2.30. The molecule has 11 aromatic carbocycles. The molecule has 70 heavy (non-hydrogen) atoms. The second-order valence-electron chi connectivity index (χ2n) is 18.0. The Morgan fingerprint density at radius 2 is 0.786 bits per heavy atom. The van der Waals surface area contributed by atoms with Crippen molar-refractivity contribution in [3.8, 4) is 50.2 Å². The molecule has 0 saturated carbocycles. The van der Waals surface area contributed by atoms with Crippen LogP contribution in [0, 0.1) is 0 Å². The molecule has 0 atom stereocenters. The number of nitrogens with zero attached hydrogens (tertiary/aromatic N) is 2. The molecule has 0 unspecified atom stereocenters. The van der Waals surface area contributed by atoms with Gasteiger partial charge in [-0.05, 0) is 136 Å². The summed E-state index contributed by atoms with van der Waals surface area (Å²) < 4.78 is 15.2. The van der Waals surface area contributed by atoms with E-state index in [2.05, 4.69) is 246 Å². The zero-order valence-electron chi connectivity index (χ0n) is 38.0. The van der Waals surface area contributed by atoms with Crippen molar-refractivity contribution in [2.24, 2.45) is 0 Å². The van der Waals surface area contributed by atoms with Crippen LogP contribution in [0.15, 0.2) is 264 Å². The highest BCUT2D eigenvalue weighted by Crippen LogP contribution is 2.43. The number of benzene rings is 11. The fourth-order valence-corrected chi connectivity index (χ4v) is 10.7. The van der Waals surface area contributed by atoms with Crippen LogP contribution < -0.4 is 4.90 Å². The Labute approximate surface area is 404 Å². The number of aromatic nitrogens is 1. The molecular weight excluding hydrogens is 853 g/mol. The highest BCUT2D eigenvalue weighted by Gasteiger charge is 2.20. The van der Waals surface area contributed by atoms with E-state index in [4.69, 9.17) is 8.83 Å². The lowest BCUT2D eigenvalue weighted by molar-refractivity contribution is 0.669. The lowest BCUT2D eigenvalue weighted by Crippen LogP contribution is -2.09. The van der Waals surface area contributed by atoms with Crippen molar-refractivity contribution in [3.63, 3.8) is 0 Å². The minimum absolute atomic E-state index is 0.902. The summed E-state index contributed by atoms with van der Waals surface area (Å²) in [6, 6.07) is 91.1. The average molecular weight is 895 g/mol. The first-order chi connectivity index (χ1) is 34.7. The summed E-state index contributed by atoms with van der Waals surface area (Å²) in [6.07, 6.45) is 0. The Kier molecular flexibility index (Phi) is 9.17. The zero-order chi connectivity index (χ0) is 46.1. The maximum absolute atomic E-state index is 6.45. The van der Waals surface area contributed by atoms with Crippen molar-refractivity contribution >= 4 is 82.7 Å². The van der Waals surface area contributed by atoms with Crippen molar-refractivity contribution in [3.05, 3.63) is 255 Å². The molecule has 0 bridgehead atoms. The Balaban J connectivity index is 0.881. The summed E-state index contributed by atoms with van der Waals surface area (Å²) in [5.74, 6) is 0. The van der Waals surface area contributed by atoms with Crippen LogP contribution in [-0.2, 0) is 0 Å². The van der Waals surface area contributed by atoms with E-state index < -0.39 is 0 Å². The van der Waals surface area contributed by atoms with Gasteiger partial charge < -0.3 is 18.3 Å². The molecular formula is C66H42N2O2. The summed E-state index contributed by atoms with van der Waals surface area (Å²) >= 11 is 0. The van der Waals surface area contributed by atoms with Gasteiger partial charge in [-0.1, -0.05) is 158 Å². The van der Waals surface area contributed by atoms with E-state index in [9.17, 15) is 0 Å². The second kappa shape index (κ2) is 16.2. The number of rotatable bonds is 8. The number of hydrogen-bond donors (Lipinski definition) is 0. The van der Waals surface area contributed by atoms with Gasteiger partial charge in [-0.25, -0.2) is 0 Å². The normalized spacial score (nSPS) is 11.7. The average Bonchev–Trinajstić information content (AvgIpc) is 4.12. The van der Waals surface area contributed by atoms with Gasteiger partial charge in [0, 0.05) is 60.6 Å². The van der Waals surface area contributed by atoms with Crippen molar-refractivity contribution in [2.45, 2.75) is 0 Å². The molecule has 0 saturated heterocycles. The van der Waals surface area contributed by atoms with Gasteiger partial charge in [-0.15, -0.1) is 0 Å². The fraction of sp³-hybridized carbons (Fsp3) is 0. The largest absolute Gasteiger partial charge is 0.456 e. The van der Waals surface area contributed by atoms with Crippen molar-refractivity contribution in [1.29, 1.82) is 0 Å². The zero-order valence-corrected chi connectivity index (χ0v) is 38.0. The van der Waals surface area contributed by atoms with Crippen molar-refractivity contribution in [2.75, 3.05) is 4.90 Å². The van der Waals surface area contributed by atoms with E-state index in [1.807, 2.05) is 18.2 Å². The van der Waals surface area contributed by atoms with E-state index in [-0.39, 0.29) is 0 Å². The summed E-state index contributed by atoms with van der Waals surface area (Å²) in [7, 11) is 0. The standard InChI is InChI=1S/C66H42N2O2/c1-3-14-50(15-4-1)67(51-16-5-2-6-17-51)52-34-30-44(31-35-52)48-40-47(43-26-28-46(29-27-43)54-21-13-22-56-55-18-8-11-24-61(55)70-66(54)56)41-49(42-48)45-32-36-53(37-33-45)68-59-23-10-7-19-57(59)64-60(68)38-39-63-65(64)58-20-9-12-25-62(58)69-63/h1-42H. The molecule has 14 rings (SSSR count). The molecule has 3 aromatic heterocycles. The SMILES string of the molecule is c1ccc(N(c2ccccc2)c2ccc(-c3cc(-c4ccc(-c5cccc6c5oc5ccccc56)cc4)cc(-c4ccc(-n5c6ccccc6c6c7c(ccc65)oc5ccccc57)cc4)c3)cc2)cc1. The Hall–Kier alpha value is -9.38. The number of anilines is 3. The molecule has 0 fully saturated rings. The van der Waals surface area contributed by atoms with Crippen LogP contribution in [0.2, 0.25) is 0 Å².